The summed E-state index contributed by atoms with van der Waals surface area (Å²) in [6.07, 6.45) is 3.03. The third kappa shape index (κ3) is 3.05. The summed E-state index contributed by atoms with van der Waals surface area (Å²) in [6, 6.07) is 10.1. The molecule has 1 aromatic heterocycles. The lowest BCUT2D eigenvalue weighted by Crippen LogP contribution is -1.87. The molecule has 0 amide bonds. The van der Waals surface area contributed by atoms with Gasteiger partial charge in [-0.15, -0.1) is 11.3 Å². The van der Waals surface area contributed by atoms with Gasteiger partial charge in [0.25, 0.3) is 0 Å². The minimum Gasteiger partial charge on any atom is -0.497 e. The van der Waals surface area contributed by atoms with Crippen LogP contribution in [0.1, 0.15) is 15.4 Å². The fourth-order valence-electron chi connectivity index (χ4n) is 1.51. The number of hydrogen-bond donors (Lipinski definition) is 0. The molecule has 0 saturated heterocycles. The number of rotatable bonds is 4. The summed E-state index contributed by atoms with van der Waals surface area (Å²) in [5.74, 6) is 0.859. The maximum atomic E-state index is 8.59. The summed E-state index contributed by atoms with van der Waals surface area (Å²) >= 11 is 1.60. The molecule has 0 unspecified atom stereocenters. The monoisotopic (exact) mass is 244 g/mol. The second-order valence-electron chi connectivity index (χ2n) is 3.58. The molecule has 0 aliphatic carbocycles. The number of nitriles is 1. The van der Waals surface area contributed by atoms with Gasteiger partial charge in [0, 0.05) is 17.5 Å². The molecule has 0 saturated carbocycles. The Labute approximate surface area is 104 Å². The first-order chi connectivity index (χ1) is 8.31. The van der Waals surface area contributed by atoms with Crippen LogP contribution in [0.15, 0.2) is 30.5 Å². The van der Waals surface area contributed by atoms with Gasteiger partial charge < -0.3 is 4.74 Å². The van der Waals surface area contributed by atoms with Gasteiger partial charge in [0.1, 0.15) is 5.75 Å². The van der Waals surface area contributed by atoms with E-state index in [1.807, 2.05) is 24.3 Å². The molecule has 0 N–H and O–H groups in total. The van der Waals surface area contributed by atoms with Gasteiger partial charge in [0.05, 0.1) is 24.6 Å². The predicted molar refractivity (Wildman–Crippen MR) is 67.2 cm³/mol. The Hall–Kier alpha value is -1.86. The lowest BCUT2D eigenvalue weighted by molar-refractivity contribution is 0.414. The van der Waals surface area contributed by atoms with Gasteiger partial charge in [-0.2, -0.15) is 5.26 Å². The van der Waals surface area contributed by atoms with Crippen molar-refractivity contribution in [1.82, 2.24) is 4.98 Å². The van der Waals surface area contributed by atoms with Crippen molar-refractivity contribution in [2.45, 2.75) is 12.8 Å². The average molecular weight is 244 g/mol. The number of aromatic nitrogens is 1. The van der Waals surface area contributed by atoms with Crippen LogP contribution < -0.4 is 4.74 Å². The number of methoxy groups -OCH3 is 1. The number of nitrogens with zero attached hydrogens (tertiary/aromatic N) is 2. The molecule has 0 radical (unpaired) electrons. The maximum Gasteiger partial charge on any atom is 0.118 e. The molecule has 0 spiro atoms. The van der Waals surface area contributed by atoms with Crippen molar-refractivity contribution in [1.29, 1.82) is 5.26 Å². The highest BCUT2D eigenvalue weighted by Gasteiger charge is 2.03. The molecule has 0 atom stereocenters. The Morgan fingerprint density at radius 3 is 2.76 bits per heavy atom. The first-order valence-electron chi connectivity index (χ1n) is 5.25. The van der Waals surface area contributed by atoms with E-state index in [0.717, 1.165) is 22.1 Å². The van der Waals surface area contributed by atoms with Crippen molar-refractivity contribution in [2.24, 2.45) is 0 Å². The highest BCUT2D eigenvalue weighted by molar-refractivity contribution is 7.11. The van der Waals surface area contributed by atoms with Crippen molar-refractivity contribution < 1.29 is 4.74 Å². The van der Waals surface area contributed by atoms with Crippen LogP contribution in [0.5, 0.6) is 5.75 Å². The smallest absolute Gasteiger partial charge is 0.118 e. The lowest BCUT2D eigenvalue weighted by Gasteiger charge is -2.01. The zero-order valence-corrected chi connectivity index (χ0v) is 10.3. The minimum atomic E-state index is 0.445. The van der Waals surface area contributed by atoms with Gasteiger partial charge in [-0.25, -0.2) is 4.98 Å². The number of thiazole rings is 1. The van der Waals surface area contributed by atoms with Gasteiger partial charge in [0.15, 0.2) is 0 Å². The molecule has 2 rings (SSSR count). The van der Waals surface area contributed by atoms with Crippen molar-refractivity contribution in [3.63, 3.8) is 0 Å². The third-order valence-electron chi connectivity index (χ3n) is 2.37. The van der Waals surface area contributed by atoms with Crippen molar-refractivity contribution in [3.8, 4) is 11.8 Å². The van der Waals surface area contributed by atoms with Crippen LogP contribution in [0, 0.1) is 11.3 Å². The van der Waals surface area contributed by atoms with Crippen LogP contribution in [0.4, 0.5) is 0 Å². The molecule has 0 aliphatic rings. The van der Waals surface area contributed by atoms with E-state index < -0.39 is 0 Å². The van der Waals surface area contributed by atoms with Crippen LogP contribution in [0.25, 0.3) is 0 Å². The summed E-state index contributed by atoms with van der Waals surface area (Å²) in [6.45, 7) is 0. The standard InChI is InChI=1S/C13H12N2OS/c1-16-11-4-2-10(3-5-11)8-13-15-9-12(17-13)6-7-14/h2-5,9H,6,8H2,1H3. The molecule has 0 bridgehead atoms. The Morgan fingerprint density at radius 1 is 1.35 bits per heavy atom. The van der Waals surface area contributed by atoms with Crippen LogP contribution in [-0.4, -0.2) is 12.1 Å². The van der Waals surface area contributed by atoms with Gasteiger partial charge in [-0.3, -0.25) is 0 Å². The zero-order valence-electron chi connectivity index (χ0n) is 9.51. The molecular weight excluding hydrogens is 232 g/mol. The van der Waals surface area contributed by atoms with Gasteiger partial charge in [-0.05, 0) is 17.7 Å². The molecule has 1 heterocycles. The summed E-state index contributed by atoms with van der Waals surface area (Å²) in [5, 5.41) is 9.63. The normalized spacial score (nSPS) is 9.88. The second kappa shape index (κ2) is 5.46. The Kier molecular flexibility index (Phi) is 3.73. The highest BCUT2D eigenvalue weighted by atomic mass is 32.1. The maximum absolute atomic E-state index is 8.59. The summed E-state index contributed by atoms with van der Waals surface area (Å²) in [5.41, 5.74) is 1.20. The fraction of sp³-hybridized carbons (Fsp3) is 0.231. The van der Waals surface area contributed by atoms with Gasteiger partial charge in [-0.1, -0.05) is 12.1 Å². The first kappa shape index (κ1) is 11.6. The molecule has 17 heavy (non-hydrogen) atoms. The summed E-state index contributed by atoms with van der Waals surface area (Å²) < 4.78 is 5.11. The van der Waals surface area contributed by atoms with E-state index in [1.165, 1.54) is 5.56 Å². The third-order valence-corrected chi connectivity index (χ3v) is 3.37. The lowest BCUT2D eigenvalue weighted by atomic mass is 10.1. The molecule has 1 aromatic carbocycles. The Balaban J connectivity index is 2.06. The molecule has 2 aromatic rings. The van der Waals surface area contributed by atoms with Crippen LogP contribution in [-0.2, 0) is 12.8 Å². The zero-order chi connectivity index (χ0) is 12.1. The second-order valence-corrected chi connectivity index (χ2v) is 4.78. The fourth-order valence-corrected chi connectivity index (χ4v) is 2.40. The quantitative estimate of drug-likeness (QED) is 0.830. The van der Waals surface area contributed by atoms with Crippen molar-refractivity contribution in [2.75, 3.05) is 7.11 Å². The SMILES string of the molecule is COc1ccc(Cc2ncc(CC#N)s2)cc1. The molecule has 86 valence electrons. The minimum absolute atomic E-state index is 0.445. The van der Waals surface area contributed by atoms with E-state index in [0.29, 0.717) is 6.42 Å². The van der Waals surface area contributed by atoms with E-state index in [1.54, 1.807) is 24.6 Å². The van der Waals surface area contributed by atoms with E-state index >= 15 is 0 Å². The number of benzene rings is 1. The average Bonchev–Trinajstić information content (AvgIpc) is 2.78. The van der Waals surface area contributed by atoms with Crippen molar-refractivity contribution >= 4 is 11.3 Å². The van der Waals surface area contributed by atoms with Crippen LogP contribution in [0.3, 0.4) is 0 Å². The number of hydrogen-bond acceptors (Lipinski definition) is 4. The topological polar surface area (TPSA) is 45.9 Å². The Bertz CT molecular complexity index is 525. The van der Waals surface area contributed by atoms with Crippen LogP contribution >= 0.6 is 11.3 Å². The van der Waals surface area contributed by atoms with Crippen molar-refractivity contribution in [3.05, 3.63) is 45.9 Å². The van der Waals surface area contributed by atoms with E-state index in [9.17, 15) is 0 Å². The highest BCUT2D eigenvalue weighted by Crippen LogP contribution is 2.19. The molecule has 0 fully saturated rings. The first-order valence-corrected chi connectivity index (χ1v) is 6.07. The molecule has 4 heteroatoms. The molecular formula is C13H12N2OS. The summed E-state index contributed by atoms with van der Waals surface area (Å²) in [4.78, 5) is 5.33. The van der Waals surface area contributed by atoms with E-state index in [-0.39, 0.29) is 0 Å². The van der Waals surface area contributed by atoms with E-state index in [2.05, 4.69) is 11.1 Å². The van der Waals surface area contributed by atoms with E-state index in [4.69, 9.17) is 10.00 Å². The van der Waals surface area contributed by atoms with Gasteiger partial charge in [0.2, 0.25) is 0 Å². The molecule has 3 nitrogen and oxygen atoms in total. The molecule has 0 aliphatic heterocycles. The predicted octanol–water partition coefficient (Wildman–Crippen LogP) is 2.81. The summed E-state index contributed by atoms with van der Waals surface area (Å²) in [7, 11) is 1.66. The van der Waals surface area contributed by atoms with Gasteiger partial charge >= 0.3 is 0 Å². The number of ether oxygens (including phenoxy) is 1. The van der Waals surface area contributed by atoms with Crippen LogP contribution in [0.2, 0.25) is 0 Å². The Morgan fingerprint density at radius 2 is 2.12 bits per heavy atom. The largest absolute Gasteiger partial charge is 0.497 e.